The third kappa shape index (κ3) is 1.86. The van der Waals surface area contributed by atoms with Gasteiger partial charge in [-0.15, -0.1) is 0 Å². The fraction of sp³-hybridized carbons (Fsp3) is 0.800. The standard InChI is InChI=1S/C5H6F3NO3/c6-5(7,8)2-1-11-4(9)12-3(2)10/h2,4H,1,9H2/t2-,4-/m0/s1. The highest BCUT2D eigenvalue weighted by Crippen LogP contribution is 2.29. The molecular weight excluding hydrogens is 179 g/mol. The Labute approximate surface area is 65.4 Å². The third-order valence-electron chi connectivity index (χ3n) is 1.34. The maximum absolute atomic E-state index is 11.9. The van der Waals surface area contributed by atoms with Crippen LogP contribution in [0.1, 0.15) is 0 Å². The largest absolute Gasteiger partial charge is 0.421 e. The lowest BCUT2D eigenvalue weighted by Crippen LogP contribution is -2.46. The molecule has 1 aliphatic rings. The summed E-state index contributed by atoms with van der Waals surface area (Å²) >= 11 is 0. The summed E-state index contributed by atoms with van der Waals surface area (Å²) in [7, 11) is 0. The quantitative estimate of drug-likeness (QED) is 0.539. The van der Waals surface area contributed by atoms with E-state index in [0.717, 1.165) is 0 Å². The van der Waals surface area contributed by atoms with Crippen molar-refractivity contribution in [1.82, 2.24) is 0 Å². The van der Waals surface area contributed by atoms with Gasteiger partial charge in [-0.3, -0.25) is 10.5 Å². The zero-order chi connectivity index (χ0) is 9.35. The summed E-state index contributed by atoms with van der Waals surface area (Å²) in [5.41, 5.74) is 4.90. The molecule has 0 unspecified atom stereocenters. The minimum absolute atomic E-state index is 0.774. The van der Waals surface area contributed by atoms with E-state index in [9.17, 15) is 18.0 Å². The van der Waals surface area contributed by atoms with Gasteiger partial charge in [-0.25, -0.2) is 0 Å². The first-order chi connectivity index (χ1) is 5.41. The number of hydrogen-bond acceptors (Lipinski definition) is 4. The molecule has 0 aromatic rings. The lowest BCUT2D eigenvalue weighted by molar-refractivity contribution is -0.255. The average molecular weight is 185 g/mol. The molecule has 4 nitrogen and oxygen atoms in total. The number of carbonyl (C=O) groups is 1. The van der Waals surface area contributed by atoms with Crippen molar-refractivity contribution in [3.63, 3.8) is 0 Å². The van der Waals surface area contributed by atoms with Crippen LogP contribution in [0, 0.1) is 5.92 Å². The number of carbonyl (C=O) groups excluding carboxylic acids is 1. The van der Waals surface area contributed by atoms with Crippen molar-refractivity contribution in [3.05, 3.63) is 0 Å². The summed E-state index contributed by atoms with van der Waals surface area (Å²) in [6, 6.07) is 0. The first-order valence-corrected chi connectivity index (χ1v) is 3.05. The van der Waals surface area contributed by atoms with Crippen LogP contribution in [-0.2, 0) is 14.3 Å². The Morgan fingerprint density at radius 1 is 1.50 bits per heavy atom. The van der Waals surface area contributed by atoms with Crippen LogP contribution in [0.25, 0.3) is 0 Å². The van der Waals surface area contributed by atoms with E-state index < -0.39 is 31.1 Å². The van der Waals surface area contributed by atoms with E-state index in [4.69, 9.17) is 5.73 Å². The molecule has 1 aliphatic heterocycles. The number of halogens is 3. The molecule has 1 fully saturated rings. The van der Waals surface area contributed by atoms with Gasteiger partial charge in [-0.1, -0.05) is 0 Å². The van der Waals surface area contributed by atoms with Gasteiger partial charge in [0.25, 0.3) is 6.41 Å². The van der Waals surface area contributed by atoms with Gasteiger partial charge in [0.15, 0.2) is 5.92 Å². The average Bonchev–Trinajstić information content (AvgIpc) is 1.83. The monoisotopic (exact) mass is 185 g/mol. The van der Waals surface area contributed by atoms with Crippen LogP contribution < -0.4 is 5.73 Å². The van der Waals surface area contributed by atoms with Crippen LogP contribution in [0.15, 0.2) is 0 Å². The van der Waals surface area contributed by atoms with E-state index >= 15 is 0 Å². The van der Waals surface area contributed by atoms with E-state index in [1.807, 2.05) is 0 Å². The number of hydrogen-bond donors (Lipinski definition) is 1. The van der Waals surface area contributed by atoms with Crippen LogP contribution in [0.3, 0.4) is 0 Å². The third-order valence-corrected chi connectivity index (χ3v) is 1.34. The van der Waals surface area contributed by atoms with Crippen LogP contribution in [0.2, 0.25) is 0 Å². The second-order valence-electron chi connectivity index (χ2n) is 2.23. The Hall–Kier alpha value is -0.820. The molecule has 7 heteroatoms. The van der Waals surface area contributed by atoms with Crippen molar-refractivity contribution in [3.8, 4) is 0 Å². The van der Waals surface area contributed by atoms with Crippen LogP contribution in [0.5, 0.6) is 0 Å². The predicted octanol–water partition coefficient (Wildman–Crippen LogP) is -0.0194. The summed E-state index contributed by atoms with van der Waals surface area (Å²) in [6.07, 6.45) is -6.01. The number of esters is 1. The lowest BCUT2D eigenvalue weighted by atomic mass is 10.1. The molecule has 2 atom stereocenters. The topological polar surface area (TPSA) is 61.5 Å². The second-order valence-corrected chi connectivity index (χ2v) is 2.23. The predicted molar refractivity (Wildman–Crippen MR) is 29.6 cm³/mol. The van der Waals surface area contributed by atoms with Gasteiger partial charge in [0, 0.05) is 0 Å². The normalized spacial score (nSPS) is 31.5. The Bertz CT molecular complexity index is 193. The molecule has 2 N–H and O–H groups in total. The fourth-order valence-electron chi connectivity index (χ4n) is 0.718. The van der Waals surface area contributed by atoms with E-state index in [-0.39, 0.29) is 0 Å². The smallest absolute Gasteiger partial charge is 0.404 e. The Morgan fingerprint density at radius 3 is 2.50 bits per heavy atom. The lowest BCUT2D eigenvalue weighted by Gasteiger charge is -2.26. The number of cyclic esters (lactones) is 1. The number of ether oxygens (including phenoxy) is 2. The molecule has 0 aromatic carbocycles. The maximum atomic E-state index is 11.9. The Kier molecular flexibility index (Phi) is 2.25. The molecule has 0 saturated carbocycles. The van der Waals surface area contributed by atoms with Gasteiger partial charge in [0.2, 0.25) is 0 Å². The number of nitrogens with two attached hydrogens (primary N) is 1. The van der Waals surface area contributed by atoms with Crippen LogP contribution in [-0.4, -0.2) is 25.2 Å². The highest BCUT2D eigenvalue weighted by Gasteiger charge is 2.49. The maximum Gasteiger partial charge on any atom is 0.404 e. The Balaban J connectivity index is 2.63. The molecule has 12 heavy (non-hydrogen) atoms. The van der Waals surface area contributed by atoms with Crippen LogP contribution >= 0.6 is 0 Å². The Morgan fingerprint density at radius 2 is 2.08 bits per heavy atom. The molecule has 1 rings (SSSR count). The van der Waals surface area contributed by atoms with E-state index in [1.54, 1.807) is 0 Å². The van der Waals surface area contributed by atoms with E-state index in [2.05, 4.69) is 9.47 Å². The highest BCUT2D eigenvalue weighted by molar-refractivity contribution is 5.74. The first-order valence-electron chi connectivity index (χ1n) is 3.05. The van der Waals surface area contributed by atoms with Gasteiger partial charge in [-0.2, -0.15) is 13.2 Å². The number of alkyl halides is 3. The molecule has 1 saturated heterocycles. The van der Waals surface area contributed by atoms with Gasteiger partial charge >= 0.3 is 12.1 Å². The zero-order valence-corrected chi connectivity index (χ0v) is 5.80. The van der Waals surface area contributed by atoms with Crippen LogP contribution in [0.4, 0.5) is 13.2 Å². The minimum Gasteiger partial charge on any atom is -0.421 e. The molecule has 0 aliphatic carbocycles. The zero-order valence-electron chi connectivity index (χ0n) is 5.80. The van der Waals surface area contributed by atoms with Gasteiger partial charge in [0.1, 0.15) is 0 Å². The van der Waals surface area contributed by atoms with Crippen molar-refractivity contribution in [1.29, 1.82) is 0 Å². The van der Waals surface area contributed by atoms with Crippen molar-refractivity contribution in [2.45, 2.75) is 12.6 Å². The highest BCUT2D eigenvalue weighted by atomic mass is 19.4. The summed E-state index contributed by atoms with van der Waals surface area (Å²) in [6.45, 7) is -0.774. The summed E-state index contributed by atoms with van der Waals surface area (Å²) in [4.78, 5) is 10.5. The first kappa shape index (κ1) is 9.27. The van der Waals surface area contributed by atoms with E-state index in [0.29, 0.717) is 0 Å². The molecular formula is C5H6F3NO3. The van der Waals surface area contributed by atoms with Gasteiger partial charge in [0.05, 0.1) is 6.61 Å². The van der Waals surface area contributed by atoms with Gasteiger partial charge in [-0.05, 0) is 0 Å². The van der Waals surface area contributed by atoms with Crippen molar-refractivity contribution in [2.75, 3.05) is 6.61 Å². The molecule has 70 valence electrons. The molecule has 0 bridgehead atoms. The SMILES string of the molecule is N[C@H]1OC[C@H](C(F)(F)F)C(=O)O1. The summed E-state index contributed by atoms with van der Waals surface area (Å²) in [5, 5.41) is 0. The summed E-state index contributed by atoms with van der Waals surface area (Å²) in [5.74, 6) is -3.60. The molecule has 0 radical (unpaired) electrons. The molecule has 0 amide bonds. The molecule has 0 aromatic heterocycles. The molecule has 0 spiro atoms. The second kappa shape index (κ2) is 2.91. The summed E-state index contributed by atoms with van der Waals surface area (Å²) < 4.78 is 44.0. The minimum atomic E-state index is -4.63. The van der Waals surface area contributed by atoms with E-state index in [1.165, 1.54) is 0 Å². The van der Waals surface area contributed by atoms with Gasteiger partial charge < -0.3 is 9.47 Å². The van der Waals surface area contributed by atoms with Crippen molar-refractivity contribution in [2.24, 2.45) is 11.7 Å². The van der Waals surface area contributed by atoms with Crippen molar-refractivity contribution < 1.29 is 27.4 Å². The fourth-order valence-corrected chi connectivity index (χ4v) is 0.718. The molecule has 1 heterocycles. The number of rotatable bonds is 0. The van der Waals surface area contributed by atoms with Crippen molar-refractivity contribution >= 4 is 5.97 Å².